The van der Waals surface area contributed by atoms with Crippen LogP contribution in [0.15, 0.2) is 35.7 Å². The fourth-order valence-corrected chi connectivity index (χ4v) is 2.46. The molecule has 0 saturated carbocycles. The van der Waals surface area contributed by atoms with Crippen LogP contribution >= 0.6 is 10.5 Å². The average molecular weight is 271 g/mol. The van der Waals surface area contributed by atoms with Crippen LogP contribution in [-0.2, 0) is 6.26 Å². The van der Waals surface area contributed by atoms with Crippen LogP contribution in [0.4, 0.5) is 0 Å². The molecular weight excluding hydrogens is 236 g/mol. The summed E-state index contributed by atoms with van der Waals surface area (Å²) in [4.78, 5) is 0. The molecule has 2 rings (SSSR count). The minimum Gasteiger partial charge on any atom is -0.358 e. The highest BCUT2D eigenvalue weighted by Gasteiger charge is 2.03. The van der Waals surface area contributed by atoms with E-state index < -0.39 is 0 Å². The van der Waals surface area contributed by atoms with Gasteiger partial charge in [-0.2, -0.15) is 0 Å². The van der Waals surface area contributed by atoms with E-state index in [-0.39, 0.29) is 14.9 Å². The molecule has 0 bridgehead atoms. The first-order chi connectivity index (χ1) is 7.88. The quantitative estimate of drug-likeness (QED) is 0.348. The maximum absolute atomic E-state index is 2.27. The number of rotatable bonds is 0. The third-order valence-corrected chi connectivity index (χ3v) is 3.33. The largest absolute Gasteiger partial charge is 0.358 e. The fourth-order valence-electron chi connectivity index (χ4n) is 1.16. The van der Waals surface area contributed by atoms with Crippen molar-refractivity contribution >= 4 is 20.6 Å². The molecular formula is C17H34S. The molecule has 1 unspecified atom stereocenters. The van der Waals surface area contributed by atoms with Crippen molar-refractivity contribution in [2.24, 2.45) is 6.26 Å². The lowest BCUT2D eigenvalue weighted by Crippen LogP contribution is -1.58. The van der Waals surface area contributed by atoms with Crippen LogP contribution in [0.5, 0.6) is 0 Å². The van der Waals surface area contributed by atoms with Crippen molar-refractivity contribution in [2.45, 2.75) is 49.0 Å². The van der Waals surface area contributed by atoms with Crippen molar-refractivity contribution in [1.82, 2.24) is 0 Å². The lowest BCUT2D eigenvalue weighted by atomic mass is 10.3. The minimum atomic E-state index is 0. The summed E-state index contributed by atoms with van der Waals surface area (Å²) in [6, 6.07) is 10.8. The summed E-state index contributed by atoms with van der Waals surface area (Å²) >= 11 is 0. The highest BCUT2D eigenvalue weighted by molar-refractivity contribution is 7.34. The third kappa shape index (κ3) is 8.30. The summed E-state index contributed by atoms with van der Waals surface area (Å²) < 4.78 is 1.49. The van der Waals surface area contributed by atoms with Crippen molar-refractivity contribution in [1.29, 1.82) is 0 Å². The van der Waals surface area contributed by atoms with Crippen molar-refractivity contribution < 1.29 is 0 Å². The van der Waals surface area contributed by atoms with Gasteiger partial charge in [-0.1, -0.05) is 61.1 Å². The molecule has 1 aromatic heterocycles. The van der Waals surface area contributed by atoms with Gasteiger partial charge in [-0.05, 0) is 22.6 Å². The maximum Gasteiger partial charge on any atom is 0.180 e. The van der Waals surface area contributed by atoms with E-state index in [2.05, 4.69) is 42.0 Å². The molecule has 2 aromatic rings. The molecule has 1 heteroatoms. The van der Waals surface area contributed by atoms with Crippen LogP contribution in [0.1, 0.15) is 49.0 Å². The predicted octanol–water partition coefficient (Wildman–Crippen LogP) is 7.29. The molecule has 0 aliphatic carbocycles. The first-order valence-electron chi connectivity index (χ1n) is 6.30. The Balaban J connectivity index is -0.000000109. The first-order valence-corrected chi connectivity index (χ1v) is 7.99. The van der Waals surface area contributed by atoms with E-state index in [9.17, 15) is 0 Å². The van der Waals surface area contributed by atoms with Crippen LogP contribution in [-0.4, -0.2) is 0 Å². The smallest absolute Gasteiger partial charge is 0.180 e. The molecule has 1 atom stereocenters. The first kappa shape index (κ1) is 25.9. The number of fused-ring (bicyclic) bond motifs is 1. The second-order valence-electron chi connectivity index (χ2n) is 2.40. The molecule has 0 saturated heterocycles. The topological polar surface area (TPSA) is 0 Å². The van der Waals surface area contributed by atoms with Crippen molar-refractivity contribution in [2.75, 3.05) is 0 Å². The molecule has 0 radical (unpaired) electrons. The zero-order chi connectivity index (χ0) is 13.0. The fraction of sp³-hybridized carbons (Fsp3) is 0.471. The second kappa shape index (κ2) is 18.5. The van der Waals surface area contributed by atoms with Gasteiger partial charge in [-0.15, -0.1) is 0 Å². The Morgan fingerprint density at radius 2 is 1.22 bits per heavy atom. The van der Waals surface area contributed by atoms with Crippen LogP contribution in [0.2, 0.25) is 0 Å². The predicted molar refractivity (Wildman–Crippen MR) is 94.6 cm³/mol. The Hall–Kier alpha value is -0.820. The van der Waals surface area contributed by atoms with E-state index in [4.69, 9.17) is 0 Å². The van der Waals surface area contributed by atoms with Gasteiger partial charge in [-0.25, -0.2) is 0 Å². The van der Waals surface area contributed by atoms with Gasteiger partial charge in [0.15, 0.2) is 4.70 Å². The van der Waals surface area contributed by atoms with Gasteiger partial charge in [0.1, 0.15) is 11.6 Å². The molecule has 108 valence electrons. The van der Waals surface area contributed by atoms with Crippen LogP contribution in [0, 0.1) is 7.43 Å². The second-order valence-corrected chi connectivity index (χ2v) is 4.23. The van der Waals surface area contributed by atoms with E-state index in [0.717, 1.165) is 0 Å². The summed E-state index contributed by atoms with van der Waals surface area (Å²) in [6.45, 7) is 12.0. The molecule has 0 fully saturated rings. The third-order valence-electron chi connectivity index (χ3n) is 1.72. The average Bonchev–Trinajstić information content (AvgIpc) is 2.79. The van der Waals surface area contributed by atoms with Gasteiger partial charge in [0.25, 0.3) is 0 Å². The summed E-state index contributed by atoms with van der Waals surface area (Å²) in [6.07, 6.45) is 2.25. The molecule has 1 heterocycles. The van der Waals surface area contributed by atoms with Crippen molar-refractivity contribution in [3.63, 3.8) is 0 Å². The zero-order valence-electron chi connectivity index (χ0n) is 12.9. The summed E-state index contributed by atoms with van der Waals surface area (Å²) in [5.74, 6) is 0. The molecule has 0 N–H and O–H groups in total. The lowest BCUT2D eigenvalue weighted by Gasteiger charge is -1.80. The Labute approximate surface area is 119 Å². The number of benzene rings is 1. The monoisotopic (exact) mass is 270 g/mol. The Morgan fingerprint density at radius 1 is 0.778 bits per heavy atom. The van der Waals surface area contributed by atoms with E-state index in [1.807, 2.05) is 41.5 Å². The van der Waals surface area contributed by atoms with E-state index in [1.54, 1.807) is 0 Å². The highest BCUT2D eigenvalue weighted by atomic mass is 32.2. The number of thiophene rings is 1. The van der Waals surface area contributed by atoms with Gasteiger partial charge < -0.3 is 7.43 Å². The Bertz CT molecular complexity index is 347. The normalized spacial score (nSPS) is 7.83. The summed E-state index contributed by atoms with van der Waals surface area (Å²) in [7, 11) is 0.372. The molecule has 0 nitrogen and oxygen atoms in total. The number of hydrogen-bond donors (Lipinski definition) is 0. The van der Waals surface area contributed by atoms with Gasteiger partial charge in [0.2, 0.25) is 0 Å². The highest BCUT2D eigenvalue weighted by Crippen LogP contribution is 2.27. The van der Waals surface area contributed by atoms with Crippen LogP contribution in [0.3, 0.4) is 0 Å². The molecule has 0 amide bonds. The van der Waals surface area contributed by atoms with E-state index in [1.165, 1.54) is 10.1 Å². The summed E-state index contributed by atoms with van der Waals surface area (Å²) in [5.41, 5.74) is 0. The molecule has 18 heavy (non-hydrogen) atoms. The Kier molecular flexibility index (Phi) is 26.7. The summed E-state index contributed by atoms with van der Waals surface area (Å²) in [5, 5.41) is 3.67. The zero-order valence-corrected chi connectivity index (χ0v) is 13.7. The van der Waals surface area contributed by atoms with E-state index in [0.29, 0.717) is 10.5 Å². The molecule has 0 aliphatic rings. The van der Waals surface area contributed by atoms with Gasteiger partial charge in [0.05, 0.1) is 0 Å². The standard InChI is InChI=1S/C9H9S.3C2H6.CH4.CH3/c1-10-7-6-8-4-2-3-5-9(8)10;3*1-2;;/h2-7H,1H3;3*1-2H3;1H4;1H3/q+1;;;;;-1. The lowest BCUT2D eigenvalue weighted by molar-refractivity contribution is 1.50. The van der Waals surface area contributed by atoms with Crippen LogP contribution in [0.25, 0.3) is 10.1 Å². The molecule has 0 spiro atoms. The maximum atomic E-state index is 2.27. The molecule has 0 aliphatic heterocycles. The van der Waals surface area contributed by atoms with Gasteiger partial charge in [0, 0.05) is 11.5 Å². The number of hydrogen-bond acceptors (Lipinski definition) is 0. The van der Waals surface area contributed by atoms with Crippen molar-refractivity contribution in [3.05, 3.63) is 43.1 Å². The van der Waals surface area contributed by atoms with E-state index >= 15 is 0 Å². The van der Waals surface area contributed by atoms with Crippen molar-refractivity contribution in [3.8, 4) is 0 Å². The minimum absolute atomic E-state index is 0. The van der Waals surface area contributed by atoms with Gasteiger partial charge in [-0.3, -0.25) is 0 Å². The Morgan fingerprint density at radius 3 is 1.67 bits per heavy atom. The van der Waals surface area contributed by atoms with Crippen LogP contribution < -0.4 is 0 Å². The number of aryl methyl sites for hydroxylation is 1. The van der Waals surface area contributed by atoms with Gasteiger partial charge >= 0.3 is 0 Å². The molecule has 1 aromatic carbocycles. The SMILES string of the molecule is C.CC.CC.CC.C[s+]1ccc2ccccc21.[CH3-].